The zero-order chi connectivity index (χ0) is 24.3. The quantitative estimate of drug-likeness (QED) is 0.215. The summed E-state index contributed by atoms with van der Waals surface area (Å²) in [6, 6.07) is 4.45. The SMILES string of the molecule is CCC(=O)c1ccc(O[C@@H]2O[C@H](CO[C@@H]3OC[C@](O)(CO)[C@H]3O)[C@@H](O)[C@H](O)[C@H]2O)c(OC)c1. The fourth-order valence-corrected chi connectivity index (χ4v) is 3.54. The molecular weight excluding hydrogens is 444 g/mol. The van der Waals surface area contributed by atoms with Gasteiger partial charge in [-0.3, -0.25) is 4.79 Å². The van der Waals surface area contributed by atoms with Gasteiger partial charge >= 0.3 is 0 Å². The maximum atomic E-state index is 11.9. The Labute approximate surface area is 189 Å². The molecular formula is C21H30O12. The van der Waals surface area contributed by atoms with E-state index in [1.54, 1.807) is 6.92 Å². The van der Waals surface area contributed by atoms with Crippen LogP contribution in [-0.2, 0) is 14.2 Å². The molecule has 0 unspecified atom stereocenters. The first-order chi connectivity index (χ1) is 15.6. The molecule has 0 amide bonds. The van der Waals surface area contributed by atoms with E-state index in [2.05, 4.69) is 0 Å². The van der Waals surface area contributed by atoms with Crippen LogP contribution in [0.5, 0.6) is 11.5 Å². The molecule has 2 fully saturated rings. The molecule has 12 nitrogen and oxygen atoms in total. The number of ketones is 1. The highest BCUT2D eigenvalue weighted by atomic mass is 16.7. The van der Waals surface area contributed by atoms with E-state index in [0.717, 1.165) is 0 Å². The van der Waals surface area contributed by atoms with Crippen LogP contribution >= 0.6 is 0 Å². The van der Waals surface area contributed by atoms with Crippen LogP contribution in [0.2, 0.25) is 0 Å². The van der Waals surface area contributed by atoms with Crippen molar-refractivity contribution in [3.8, 4) is 11.5 Å². The van der Waals surface area contributed by atoms with Crippen LogP contribution < -0.4 is 9.47 Å². The predicted molar refractivity (Wildman–Crippen MR) is 109 cm³/mol. The molecule has 8 atom stereocenters. The topological polar surface area (TPSA) is 185 Å². The third-order valence-electron chi connectivity index (χ3n) is 5.72. The van der Waals surface area contributed by atoms with Gasteiger partial charge in [0.15, 0.2) is 23.6 Å². The van der Waals surface area contributed by atoms with E-state index in [1.807, 2.05) is 0 Å². The predicted octanol–water partition coefficient (Wildman–Crippen LogP) is -2.07. The summed E-state index contributed by atoms with van der Waals surface area (Å²) in [5, 5.41) is 60.2. The van der Waals surface area contributed by atoms with Crippen LogP contribution in [-0.4, -0.2) is 112 Å². The summed E-state index contributed by atoms with van der Waals surface area (Å²) in [6.45, 7) is 0.199. The number of carbonyl (C=O) groups excluding carboxylic acids is 1. The maximum absolute atomic E-state index is 11.9. The summed E-state index contributed by atoms with van der Waals surface area (Å²) < 4.78 is 27.0. The molecule has 0 aliphatic carbocycles. The zero-order valence-electron chi connectivity index (χ0n) is 18.2. The van der Waals surface area contributed by atoms with Gasteiger partial charge in [0.1, 0.15) is 36.1 Å². The van der Waals surface area contributed by atoms with Crippen LogP contribution in [0.4, 0.5) is 0 Å². The molecule has 2 aliphatic heterocycles. The van der Waals surface area contributed by atoms with Gasteiger partial charge in [0.25, 0.3) is 0 Å². The molecule has 12 heteroatoms. The molecule has 0 saturated carbocycles. The Balaban J connectivity index is 1.69. The monoisotopic (exact) mass is 474 g/mol. The zero-order valence-corrected chi connectivity index (χ0v) is 18.2. The van der Waals surface area contributed by atoms with Crippen molar-refractivity contribution in [2.24, 2.45) is 0 Å². The lowest BCUT2D eigenvalue weighted by atomic mass is 9.99. The van der Waals surface area contributed by atoms with Crippen molar-refractivity contribution < 1.29 is 59.1 Å². The number of Topliss-reactive ketones (excluding diaryl/α,β-unsaturated/α-hetero) is 1. The molecule has 3 rings (SSSR count). The Bertz CT molecular complexity index is 818. The minimum atomic E-state index is -1.89. The van der Waals surface area contributed by atoms with Crippen LogP contribution in [0, 0.1) is 0 Å². The molecule has 2 saturated heterocycles. The second-order valence-electron chi connectivity index (χ2n) is 7.99. The molecule has 33 heavy (non-hydrogen) atoms. The molecule has 1 aromatic carbocycles. The third kappa shape index (κ3) is 5.29. The summed E-state index contributed by atoms with van der Waals surface area (Å²) in [5.41, 5.74) is -1.48. The fourth-order valence-electron chi connectivity index (χ4n) is 3.54. The number of hydrogen-bond acceptors (Lipinski definition) is 12. The molecule has 1 aromatic rings. The van der Waals surface area contributed by atoms with E-state index in [4.69, 9.17) is 23.7 Å². The molecule has 0 bridgehead atoms. The van der Waals surface area contributed by atoms with E-state index in [0.29, 0.717) is 12.0 Å². The molecule has 2 aliphatic rings. The minimum absolute atomic E-state index is 0.103. The summed E-state index contributed by atoms with van der Waals surface area (Å²) in [6.07, 6.45) is -10.1. The van der Waals surface area contributed by atoms with Crippen molar-refractivity contribution in [2.75, 3.05) is 26.9 Å². The van der Waals surface area contributed by atoms with Crippen LogP contribution in [0.3, 0.4) is 0 Å². The first-order valence-corrected chi connectivity index (χ1v) is 10.5. The van der Waals surface area contributed by atoms with E-state index in [1.165, 1.54) is 25.3 Å². The van der Waals surface area contributed by atoms with Crippen molar-refractivity contribution in [2.45, 2.75) is 62.0 Å². The Morgan fingerprint density at radius 2 is 1.85 bits per heavy atom. The average molecular weight is 474 g/mol. The van der Waals surface area contributed by atoms with E-state index < -0.39 is 61.9 Å². The molecule has 0 spiro atoms. The number of aliphatic hydroxyl groups excluding tert-OH is 5. The van der Waals surface area contributed by atoms with E-state index in [-0.39, 0.29) is 23.9 Å². The molecule has 186 valence electrons. The van der Waals surface area contributed by atoms with Gasteiger partial charge in [0, 0.05) is 12.0 Å². The number of hydrogen-bond donors (Lipinski definition) is 6. The number of methoxy groups -OCH3 is 1. The Morgan fingerprint density at radius 1 is 1.12 bits per heavy atom. The standard InChI is InChI=1S/C21H30O12/c1-3-11(23)10-4-5-12(13(6-10)29-2)32-19-17(26)16(25)15(24)14(33-19)7-30-20-18(27)21(28,8-22)9-31-20/h4-6,14-20,22,24-28H,3,7-9H2,1-2H3/t14-,15-,16+,17-,18+,19-,20-,21-/m1/s1. The van der Waals surface area contributed by atoms with Crippen molar-refractivity contribution in [1.29, 1.82) is 0 Å². The van der Waals surface area contributed by atoms with Gasteiger partial charge in [-0.05, 0) is 18.2 Å². The van der Waals surface area contributed by atoms with Crippen molar-refractivity contribution in [3.63, 3.8) is 0 Å². The first-order valence-electron chi connectivity index (χ1n) is 10.5. The smallest absolute Gasteiger partial charge is 0.229 e. The minimum Gasteiger partial charge on any atom is -0.493 e. The Morgan fingerprint density at radius 3 is 2.45 bits per heavy atom. The second kappa shape index (κ2) is 10.6. The summed E-state index contributed by atoms with van der Waals surface area (Å²) in [5.74, 6) is 0.221. The summed E-state index contributed by atoms with van der Waals surface area (Å²) in [7, 11) is 1.37. The van der Waals surface area contributed by atoms with Crippen molar-refractivity contribution >= 4 is 5.78 Å². The maximum Gasteiger partial charge on any atom is 0.229 e. The highest BCUT2D eigenvalue weighted by Gasteiger charge is 2.50. The first kappa shape index (κ1) is 25.7. The lowest BCUT2D eigenvalue weighted by Crippen LogP contribution is -2.60. The highest BCUT2D eigenvalue weighted by Crippen LogP contribution is 2.33. The number of benzene rings is 1. The van der Waals surface area contributed by atoms with Gasteiger partial charge in [-0.2, -0.15) is 0 Å². The number of carbonyl (C=O) groups is 1. The number of rotatable bonds is 9. The second-order valence-corrected chi connectivity index (χ2v) is 7.99. The van der Waals surface area contributed by atoms with Gasteiger partial charge in [0.2, 0.25) is 6.29 Å². The van der Waals surface area contributed by atoms with E-state index >= 15 is 0 Å². The lowest BCUT2D eigenvalue weighted by Gasteiger charge is -2.40. The van der Waals surface area contributed by atoms with Crippen molar-refractivity contribution in [3.05, 3.63) is 23.8 Å². The van der Waals surface area contributed by atoms with Crippen LogP contribution in [0.15, 0.2) is 18.2 Å². The number of ether oxygens (including phenoxy) is 5. The Kier molecular flexibility index (Phi) is 8.26. The van der Waals surface area contributed by atoms with Crippen LogP contribution in [0.25, 0.3) is 0 Å². The van der Waals surface area contributed by atoms with Crippen molar-refractivity contribution in [1.82, 2.24) is 0 Å². The number of aliphatic hydroxyl groups is 6. The van der Waals surface area contributed by atoms with Gasteiger partial charge in [-0.25, -0.2) is 0 Å². The molecule has 0 radical (unpaired) electrons. The fraction of sp³-hybridized carbons (Fsp3) is 0.667. The van der Waals surface area contributed by atoms with Crippen LogP contribution in [0.1, 0.15) is 23.7 Å². The summed E-state index contributed by atoms with van der Waals surface area (Å²) in [4.78, 5) is 11.9. The molecule has 0 aromatic heterocycles. The average Bonchev–Trinajstić information content (AvgIpc) is 3.12. The van der Waals surface area contributed by atoms with E-state index in [9.17, 15) is 35.4 Å². The van der Waals surface area contributed by atoms with Gasteiger partial charge in [0.05, 0.1) is 26.9 Å². The van der Waals surface area contributed by atoms with Gasteiger partial charge in [-0.1, -0.05) is 6.92 Å². The summed E-state index contributed by atoms with van der Waals surface area (Å²) >= 11 is 0. The molecule has 6 N–H and O–H groups in total. The third-order valence-corrected chi connectivity index (χ3v) is 5.72. The highest BCUT2D eigenvalue weighted by molar-refractivity contribution is 5.96. The van der Waals surface area contributed by atoms with Gasteiger partial charge < -0.3 is 54.3 Å². The molecule has 2 heterocycles. The Hall–Kier alpha value is -1.87. The van der Waals surface area contributed by atoms with Gasteiger partial charge in [-0.15, -0.1) is 0 Å². The lowest BCUT2D eigenvalue weighted by molar-refractivity contribution is -0.289. The normalized spacial score (nSPS) is 36.5. The largest absolute Gasteiger partial charge is 0.493 e.